The summed E-state index contributed by atoms with van der Waals surface area (Å²) < 4.78 is 0. The maximum Gasteiger partial charge on any atom is 0.137 e. The summed E-state index contributed by atoms with van der Waals surface area (Å²) in [5, 5.41) is 0. The minimum absolute atomic E-state index is 0.223. The molecule has 1 aliphatic carbocycles. The van der Waals surface area contributed by atoms with Gasteiger partial charge < -0.3 is 0 Å². The third-order valence-corrected chi connectivity index (χ3v) is 4.31. The van der Waals surface area contributed by atoms with Crippen molar-refractivity contribution in [3.05, 3.63) is 0 Å². The molecule has 0 amide bonds. The monoisotopic (exact) mass is 196 g/mol. The first-order valence-corrected chi connectivity index (χ1v) is 5.74. The van der Waals surface area contributed by atoms with Crippen LogP contribution in [0.25, 0.3) is 0 Å². The van der Waals surface area contributed by atoms with Gasteiger partial charge in [-0.3, -0.25) is 4.79 Å². The predicted molar refractivity (Wildman–Crippen MR) is 60.1 cm³/mol. The molecule has 14 heavy (non-hydrogen) atoms. The lowest BCUT2D eigenvalue weighted by Gasteiger charge is -2.04. The van der Waals surface area contributed by atoms with Crippen molar-refractivity contribution in [3.63, 3.8) is 0 Å². The molecule has 1 fully saturated rings. The molecule has 1 saturated carbocycles. The zero-order valence-electron chi connectivity index (χ0n) is 10.5. The lowest BCUT2D eigenvalue weighted by Crippen LogP contribution is -2.07. The minimum atomic E-state index is 0.223. The average molecular weight is 196 g/mol. The Bertz CT molecular complexity index is 222. The van der Waals surface area contributed by atoms with E-state index in [9.17, 15) is 4.79 Å². The number of hydrogen-bond donors (Lipinski definition) is 0. The molecule has 1 aliphatic rings. The standard InChI is InChI=1S/C13H24O/c1-9(2)7-8-10(14)11-12(3,4)13(11,5)6/h9,11H,7-8H2,1-6H3. The third kappa shape index (κ3) is 1.74. The van der Waals surface area contributed by atoms with Crippen LogP contribution in [0.15, 0.2) is 0 Å². The summed E-state index contributed by atoms with van der Waals surface area (Å²) in [6.07, 6.45) is 1.82. The molecule has 1 heteroatoms. The number of carbonyl (C=O) groups excluding carboxylic acids is 1. The molecule has 0 spiro atoms. The quantitative estimate of drug-likeness (QED) is 0.670. The molecule has 0 heterocycles. The first-order valence-electron chi connectivity index (χ1n) is 5.74. The SMILES string of the molecule is CC(C)CCC(=O)C1C(C)(C)C1(C)C. The van der Waals surface area contributed by atoms with Crippen LogP contribution in [0.5, 0.6) is 0 Å². The largest absolute Gasteiger partial charge is 0.299 e. The van der Waals surface area contributed by atoms with Gasteiger partial charge in [-0.05, 0) is 23.2 Å². The molecular formula is C13H24O. The van der Waals surface area contributed by atoms with Gasteiger partial charge in [0.1, 0.15) is 5.78 Å². The van der Waals surface area contributed by atoms with Gasteiger partial charge in [-0.15, -0.1) is 0 Å². The fraction of sp³-hybridized carbons (Fsp3) is 0.923. The van der Waals surface area contributed by atoms with E-state index in [2.05, 4.69) is 41.5 Å². The van der Waals surface area contributed by atoms with E-state index < -0.39 is 0 Å². The van der Waals surface area contributed by atoms with Crippen molar-refractivity contribution in [1.82, 2.24) is 0 Å². The number of rotatable bonds is 4. The van der Waals surface area contributed by atoms with Crippen LogP contribution >= 0.6 is 0 Å². The van der Waals surface area contributed by atoms with E-state index in [1.165, 1.54) is 0 Å². The maximum atomic E-state index is 11.9. The summed E-state index contributed by atoms with van der Waals surface area (Å²) in [4.78, 5) is 11.9. The Morgan fingerprint density at radius 2 is 1.57 bits per heavy atom. The van der Waals surface area contributed by atoms with Crippen molar-refractivity contribution in [3.8, 4) is 0 Å². The lowest BCUT2D eigenvalue weighted by molar-refractivity contribution is -0.121. The Morgan fingerprint density at radius 1 is 1.14 bits per heavy atom. The molecule has 0 radical (unpaired) electrons. The second-order valence-corrected chi connectivity index (χ2v) is 6.28. The normalized spacial score (nSPS) is 23.9. The number of ketones is 1. The molecule has 1 rings (SSSR count). The van der Waals surface area contributed by atoms with Gasteiger partial charge in [-0.1, -0.05) is 41.5 Å². The van der Waals surface area contributed by atoms with E-state index in [-0.39, 0.29) is 10.8 Å². The van der Waals surface area contributed by atoms with Crippen molar-refractivity contribution in [2.75, 3.05) is 0 Å². The summed E-state index contributed by atoms with van der Waals surface area (Å²) in [7, 11) is 0. The van der Waals surface area contributed by atoms with Crippen LogP contribution in [0.1, 0.15) is 54.4 Å². The molecule has 0 N–H and O–H groups in total. The van der Waals surface area contributed by atoms with E-state index in [0.29, 0.717) is 17.6 Å². The summed E-state index contributed by atoms with van der Waals surface area (Å²) >= 11 is 0. The molecule has 0 aromatic rings. The van der Waals surface area contributed by atoms with Crippen LogP contribution in [-0.4, -0.2) is 5.78 Å². The first kappa shape index (κ1) is 11.7. The van der Waals surface area contributed by atoms with Gasteiger partial charge in [-0.25, -0.2) is 0 Å². The van der Waals surface area contributed by atoms with Crippen molar-refractivity contribution < 1.29 is 4.79 Å². The predicted octanol–water partition coefficient (Wildman–Crippen LogP) is 3.67. The average Bonchev–Trinajstić information content (AvgIpc) is 2.39. The molecule has 0 bridgehead atoms. The third-order valence-electron chi connectivity index (χ3n) is 4.31. The Morgan fingerprint density at radius 3 is 1.86 bits per heavy atom. The molecule has 0 aliphatic heterocycles. The second kappa shape index (κ2) is 3.36. The zero-order valence-corrected chi connectivity index (χ0v) is 10.5. The van der Waals surface area contributed by atoms with E-state index in [1.54, 1.807) is 0 Å². The van der Waals surface area contributed by atoms with Crippen LogP contribution in [0.4, 0.5) is 0 Å². The summed E-state index contributed by atoms with van der Waals surface area (Å²) in [6.45, 7) is 13.2. The number of hydrogen-bond acceptors (Lipinski definition) is 1. The fourth-order valence-corrected chi connectivity index (χ4v) is 2.58. The first-order chi connectivity index (χ1) is 6.21. The molecule has 1 nitrogen and oxygen atoms in total. The lowest BCUT2D eigenvalue weighted by atomic mass is 10.00. The van der Waals surface area contributed by atoms with Crippen molar-refractivity contribution >= 4 is 5.78 Å². The van der Waals surface area contributed by atoms with Crippen molar-refractivity contribution in [2.45, 2.75) is 54.4 Å². The summed E-state index contributed by atoms with van der Waals surface area (Å²) in [6, 6.07) is 0. The van der Waals surface area contributed by atoms with Crippen molar-refractivity contribution in [2.24, 2.45) is 22.7 Å². The maximum absolute atomic E-state index is 11.9. The molecule has 82 valence electrons. The topological polar surface area (TPSA) is 17.1 Å². The van der Waals surface area contributed by atoms with Gasteiger partial charge in [0.2, 0.25) is 0 Å². The molecular weight excluding hydrogens is 172 g/mol. The van der Waals surface area contributed by atoms with Crippen molar-refractivity contribution in [1.29, 1.82) is 0 Å². The van der Waals surface area contributed by atoms with Gasteiger partial charge >= 0.3 is 0 Å². The smallest absolute Gasteiger partial charge is 0.137 e. The highest BCUT2D eigenvalue weighted by atomic mass is 16.1. The van der Waals surface area contributed by atoms with Gasteiger partial charge in [0.05, 0.1) is 0 Å². The van der Waals surface area contributed by atoms with Gasteiger partial charge in [0, 0.05) is 12.3 Å². The summed E-state index contributed by atoms with van der Waals surface area (Å²) in [5.74, 6) is 1.42. The van der Waals surface area contributed by atoms with Crippen LogP contribution < -0.4 is 0 Å². The highest BCUT2D eigenvalue weighted by Gasteiger charge is 2.67. The highest BCUT2D eigenvalue weighted by molar-refractivity contribution is 5.86. The molecule has 0 aromatic heterocycles. The Kier molecular flexibility index (Phi) is 2.82. The minimum Gasteiger partial charge on any atom is -0.299 e. The van der Waals surface area contributed by atoms with Crippen LogP contribution in [-0.2, 0) is 4.79 Å². The van der Waals surface area contributed by atoms with E-state index >= 15 is 0 Å². The zero-order chi connectivity index (χ0) is 11.1. The van der Waals surface area contributed by atoms with E-state index in [0.717, 1.165) is 12.8 Å². The number of carbonyl (C=O) groups is 1. The molecule has 0 saturated heterocycles. The van der Waals surface area contributed by atoms with Crippen LogP contribution in [0, 0.1) is 22.7 Å². The van der Waals surface area contributed by atoms with Gasteiger partial charge in [0.25, 0.3) is 0 Å². The summed E-state index contributed by atoms with van der Waals surface area (Å²) in [5.41, 5.74) is 0.447. The molecule has 0 unspecified atom stereocenters. The van der Waals surface area contributed by atoms with Crippen LogP contribution in [0.3, 0.4) is 0 Å². The Labute approximate surface area is 88.3 Å². The van der Waals surface area contributed by atoms with Gasteiger partial charge in [0.15, 0.2) is 0 Å². The highest BCUT2D eigenvalue weighted by Crippen LogP contribution is 2.68. The molecule has 0 atom stereocenters. The number of Topliss-reactive ketones (excluding diaryl/α,β-unsaturated/α-hetero) is 1. The van der Waals surface area contributed by atoms with Crippen LogP contribution in [0.2, 0.25) is 0 Å². The fourth-order valence-electron chi connectivity index (χ4n) is 2.58. The van der Waals surface area contributed by atoms with E-state index in [4.69, 9.17) is 0 Å². The second-order valence-electron chi connectivity index (χ2n) is 6.28. The Balaban J connectivity index is 2.50. The van der Waals surface area contributed by atoms with Gasteiger partial charge in [-0.2, -0.15) is 0 Å². The molecule has 0 aromatic carbocycles. The Hall–Kier alpha value is -0.330. The van der Waals surface area contributed by atoms with E-state index in [1.807, 2.05) is 0 Å².